The predicted molar refractivity (Wildman–Crippen MR) is 125 cm³/mol. The van der Waals surface area contributed by atoms with Crippen LogP contribution in [-0.2, 0) is 22.3 Å². The summed E-state index contributed by atoms with van der Waals surface area (Å²) in [5.74, 6) is -0.744. The van der Waals surface area contributed by atoms with Gasteiger partial charge in [0, 0.05) is 43.2 Å². The fourth-order valence-corrected chi connectivity index (χ4v) is 3.88. The maximum atomic E-state index is 13.0. The van der Waals surface area contributed by atoms with Gasteiger partial charge >= 0.3 is 6.18 Å². The molecule has 1 aliphatic heterocycles. The van der Waals surface area contributed by atoms with Crippen molar-refractivity contribution in [3.05, 3.63) is 63.7 Å². The predicted octanol–water partition coefficient (Wildman–Crippen LogP) is 4.74. The molecule has 0 spiro atoms. The number of hydrogen-bond donors (Lipinski definition) is 2. The second kappa shape index (κ2) is 10.7. The molecule has 1 fully saturated rings. The molecule has 0 aliphatic carbocycles. The van der Waals surface area contributed by atoms with Crippen LogP contribution >= 0.6 is 0 Å². The van der Waals surface area contributed by atoms with Gasteiger partial charge < -0.3 is 15.5 Å². The highest BCUT2D eigenvalue weighted by molar-refractivity contribution is 5.92. The van der Waals surface area contributed by atoms with E-state index in [1.54, 1.807) is 36.9 Å². The summed E-state index contributed by atoms with van der Waals surface area (Å²) in [6.45, 7) is 4.47. The Balaban J connectivity index is 1.57. The van der Waals surface area contributed by atoms with Crippen LogP contribution in [0.1, 0.15) is 37.8 Å². The van der Waals surface area contributed by atoms with Crippen LogP contribution in [0.25, 0.3) is 0 Å². The molecular formula is C24H27F3N4O4. The average molecular weight is 492 g/mol. The van der Waals surface area contributed by atoms with Gasteiger partial charge in [-0.05, 0) is 42.7 Å². The first-order valence-electron chi connectivity index (χ1n) is 11.2. The van der Waals surface area contributed by atoms with E-state index in [-0.39, 0.29) is 35.9 Å². The summed E-state index contributed by atoms with van der Waals surface area (Å²) in [4.78, 5) is 36.7. The van der Waals surface area contributed by atoms with Crippen LogP contribution in [0, 0.1) is 22.0 Å². The van der Waals surface area contributed by atoms with Crippen molar-refractivity contribution < 1.29 is 27.7 Å². The summed E-state index contributed by atoms with van der Waals surface area (Å²) in [5, 5.41) is 17.1. The van der Waals surface area contributed by atoms with Crippen molar-refractivity contribution in [3.8, 4) is 0 Å². The van der Waals surface area contributed by atoms with Crippen molar-refractivity contribution in [2.24, 2.45) is 11.8 Å². The van der Waals surface area contributed by atoms with Gasteiger partial charge in [-0.1, -0.05) is 26.0 Å². The molecule has 11 heteroatoms. The lowest BCUT2D eigenvalue weighted by Crippen LogP contribution is -2.40. The number of nitro groups is 1. The largest absolute Gasteiger partial charge is 0.416 e. The summed E-state index contributed by atoms with van der Waals surface area (Å²) in [6, 6.07) is 9.66. The topological polar surface area (TPSA) is 105 Å². The lowest BCUT2D eigenvalue weighted by Gasteiger charge is -2.32. The highest BCUT2D eigenvalue weighted by Gasteiger charge is 2.34. The molecule has 2 amide bonds. The minimum atomic E-state index is -4.67. The van der Waals surface area contributed by atoms with E-state index in [1.807, 2.05) is 6.07 Å². The third-order valence-corrected chi connectivity index (χ3v) is 5.89. The number of hydrogen-bond acceptors (Lipinski definition) is 5. The zero-order valence-electron chi connectivity index (χ0n) is 19.4. The molecule has 188 valence electrons. The number of carbonyl (C=O) groups excluding carboxylic acids is 2. The van der Waals surface area contributed by atoms with E-state index < -0.39 is 22.4 Å². The van der Waals surface area contributed by atoms with Crippen molar-refractivity contribution >= 4 is 28.9 Å². The van der Waals surface area contributed by atoms with Gasteiger partial charge in [-0.25, -0.2) is 0 Å². The van der Waals surface area contributed by atoms with Crippen molar-refractivity contribution in [1.82, 2.24) is 5.32 Å². The molecule has 0 unspecified atom stereocenters. The normalized spacial score (nSPS) is 14.6. The third-order valence-electron chi connectivity index (χ3n) is 5.89. The number of nitrogens with zero attached hydrogens (tertiary/aromatic N) is 2. The molecule has 2 N–H and O–H groups in total. The number of nitro benzene ring substituents is 1. The highest BCUT2D eigenvalue weighted by atomic mass is 19.4. The molecule has 2 aromatic carbocycles. The Hall–Kier alpha value is -3.63. The SMILES string of the molecule is CC(C)C(=O)Nc1cccc(CNC(=O)C2CCN(c3ccc(C(F)(F)F)cc3[N+](=O)[O-])CC2)c1. The Kier molecular flexibility index (Phi) is 7.98. The first-order chi connectivity index (χ1) is 16.5. The Morgan fingerprint density at radius 3 is 2.43 bits per heavy atom. The van der Waals surface area contributed by atoms with Crippen LogP contribution in [0.4, 0.5) is 30.2 Å². The number of piperidine rings is 1. The maximum absolute atomic E-state index is 13.0. The number of rotatable bonds is 7. The van der Waals surface area contributed by atoms with Crippen LogP contribution in [0.15, 0.2) is 42.5 Å². The molecule has 0 atom stereocenters. The third kappa shape index (κ3) is 6.71. The minimum absolute atomic E-state index is 0.105. The van der Waals surface area contributed by atoms with Gasteiger partial charge in [-0.15, -0.1) is 0 Å². The van der Waals surface area contributed by atoms with Gasteiger partial charge in [0.15, 0.2) is 0 Å². The van der Waals surface area contributed by atoms with E-state index in [4.69, 9.17) is 0 Å². The van der Waals surface area contributed by atoms with Crippen molar-refractivity contribution in [1.29, 1.82) is 0 Å². The molecule has 35 heavy (non-hydrogen) atoms. The molecule has 0 saturated carbocycles. The monoisotopic (exact) mass is 492 g/mol. The van der Waals surface area contributed by atoms with E-state index in [9.17, 15) is 32.9 Å². The number of halogens is 3. The van der Waals surface area contributed by atoms with Crippen molar-refractivity contribution in [3.63, 3.8) is 0 Å². The minimum Gasteiger partial charge on any atom is -0.366 e. The smallest absolute Gasteiger partial charge is 0.366 e. The Labute approximate surface area is 200 Å². The molecule has 0 aromatic heterocycles. The summed E-state index contributed by atoms with van der Waals surface area (Å²) >= 11 is 0. The molecule has 1 saturated heterocycles. The Morgan fingerprint density at radius 2 is 1.83 bits per heavy atom. The van der Waals surface area contributed by atoms with Crippen molar-refractivity contribution in [2.75, 3.05) is 23.3 Å². The lowest BCUT2D eigenvalue weighted by atomic mass is 9.95. The summed E-state index contributed by atoms with van der Waals surface area (Å²) in [7, 11) is 0. The van der Waals surface area contributed by atoms with Crippen LogP contribution < -0.4 is 15.5 Å². The number of nitrogens with one attached hydrogen (secondary N) is 2. The number of benzene rings is 2. The molecule has 0 bridgehead atoms. The van der Waals surface area contributed by atoms with Crippen molar-refractivity contribution in [2.45, 2.75) is 39.4 Å². The van der Waals surface area contributed by atoms with Crippen LogP contribution in [-0.4, -0.2) is 29.8 Å². The lowest BCUT2D eigenvalue weighted by molar-refractivity contribution is -0.384. The average Bonchev–Trinajstić information content (AvgIpc) is 2.81. The van der Waals surface area contributed by atoms with Crippen LogP contribution in [0.2, 0.25) is 0 Å². The Morgan fingerprint density at radius 1 is 1.14 bits per heavy atom. The maximum Gasteiger partial charge on any atom is 0.416 e. The van der Waals surface area contributed by atoms with Gasteiger partial charge in [0.2, 0.25) is 11.8 Å². The van der Waals surface area contributed by atoms with E-state index in [0.29, 0.717) is 37.7 Å². The van der Waals surface area contributed by atoms with Gasteiger partial charge in [0.1, 0.15) is 5.69 Å². The van der Waals surface area contributed by atoms with Gasteiger partial charge in [-0.3, -0.25) is 19.7 Å². The molecule has 8 nitrogen and oxygen atoms in total. The second-order valence-corrected chi connectivity index (χ2v) is 8.78. The molecular weight excluding hydrogens is 465 g/mol. The standard InChI is InChI=1S/C24H27F3N4O4/c1-15(2)22(32)29-19-5-3-4-16(12-19)14-28-23(33)17-8-10-30(11-9-17)20-7-6-18(24(25,26)27)13-21(20)31(34)35/h3-7,12-13,15,17H,8-11,14H2,1-2H3,(H,28,33)(H,29,32). The molecule has 2 aromatic rings. The second-order valence-electron chi connectivity index (χ2n) is 8.78. The quantitative estimate of drug-likeness (QED) is 0.429. The van der Waals surface area contributed by atoms with E-state index >= 15 is 0 Å². The number of anilines is 2. The molecule has 3 rings (SSSR count). The van der Waals surface area contributed by atoms with Gasteiger partial charge in [-0.2, -0.15) is 13.2 Å². The summed E-state index contributed by atoms with van der Waals surface area (Å²) in [6.07, 6.45) is -3.85. The van der Waals surface area contributed by atoms with Crippen LogP contribution in [0.3, 0.4) is 0 Å². The molecule has 0 radical (unpaired) electrons. The molecule has 1 aliphatic rings. The van der Waals surface area contributed by atoms with Gasteiger partial charge in [0.25, 0.3) is 5.69 Å². The highest BCUT2D eigenvalue weighted by Crippen LogP contribution is 2.37. The number of alkyl halides is 3. The fourth-order valence-electron chi connectivity index (χ4n) is 3.88. The molecule has 1 heterocycles. The van der Waals surface area contributed by atoms with E-state index in [1.165, 1.54) is 0 Å². The summed E-state index contributed by atoms with van der Waals surface area (Å²) in [5.41, 5.74) is -0.107. The fraction of sp³-hybridized carbons (Fsp3) is 0.417. The summed E-state index contributed by atoms with van der Waals surface area (Å²) < 4.78 is 38.9. The van der Waals surface area contributed by atoms with Crippen LogP contribution in [0.5, 0.6) is 0 Å². The number of carbonyl (C=O) groups is 2. The Bertz CT molecular complexity index is 1100. The zero-order chi connectivity index (χ0) is 25.8. The van der Waals surface area contributed by atoms with E-state index in [0.717, 1.165) is 17.7 Å². The first kappa shape index (κ1) is 26.0. The van der Waals surface area contributed by atoms with Gasteiger partial charge in [0.05, 0.1) is 10.5 Å². The number of amides is 2. The van der Waals surface area contributed by atoms with E-state index in [2.05, 4.69) is 10.6 Å². The zero-order valence-corrected chi connectivity index (χ0v) is 19.4. The first-order valence-corrected chi connectivity index (χ1v) is 11.2.